The summed E-state index contributed by atoms with van der Waals surface area (Å²) < 4.78 is 33.2. The van der Waals surface area contributed by atoms with E-state index in [9.17, 15) is 9.18 Å². The summed E-state index contributed by atoms with van der Waals surface area (Å²) in [6.07, 6.45) is 1.85. The Labute approximate surface area is 250 Å². The lowest BCUT2D eigenvalue weighted by atomic mass is 9.93. The highest BCUT2D eigenvalue weighted by atomic mass is 19.1. The lowest BCUT2D eigenvalue weighted by Gasteiger charge is -2.31. The van der Waals surface area contributed by atoms with E-state index in [2.05, 4.69) is 4.90 Å². The third kappa shape index (κ3) is 6.95. The number of esters is 1. The third-order valence-electron chi connectivity index (χ3n) is 7.56. The number of piperidine rings is 1. The first-order valence-corrected chi connectivity index (χ1v) is 14.3. The first kappa shape index (κ1) is 30.0. The van der Waals surface area contributed by atoms with Crippen molar-refractivity contribution in [1.29, 1.82) is 5.26 Å². The zero-order chi connectivity index (χ0) is 30.7. The average Bonchev–Trinajstić information content (AvgIpc) is 3.30. The Bertz CT molecular complexity index is 1680. The number of aryl methyl sites for hydroxylation is 1. The van der Waals surface area contributed by atoms with E-state index in [1.165, 1.54) is 13.2 Å². The summed E-state index contributed by atoms with van der Waals surface area (Å²) in [6, 6.07) is 15.5. The number of imidazole rings is 1. The van der Waals surface area contributed by atoms with Crippen LogP contribution in [-0.2, 0) is 24.9 Å². The van der Waals surface area contributed by atoms with Crippen LogP contribution in [0.2, 0.25) is 0 Å². The Morgan fingerprint density at radius 2 is 1.88 bits per heavy atom. The molecule has 4 aromatic rings. The predicted molar refractivity (Wildman–Crippen MR) is 159 cm³/mol. The summed E-state index contributed by atoms with van der Waals surface area (Å²) in [6.45, 7) is 8.32. The number of carbonyl (C=O) groups is 1. The summed E-state index contributed by atoms with van der Waals surface area (Å²) in [5.41, 5.74) is 3.10. The van der Waals surface area contributed by atoms with E-state index in [1.54, 1.807) is 30.3 Å². The van der Waals surface area contributed by atoms with Gasteiger partial charge >= 0.3 is 5.97 Å². The summed E-state index contributed by atoms with van der Waals surface area (Å²) in [7, 11) is 3.32. The van der Waals surface area contributed by atoms with E-state index in [1.807, 2.05) is 50.6 Å². The number of ether oxygens (including phenoxy) is 3. The van der Waals surface area contributed by atoms with Crippen LogP contribution in [0.5, 0.6) is 11.6 Å². The fourth-order valence-corrected chi connectivity index (χ4v) is 5.30. The van der Waals surface area contributed by atoms with E-state index in [-0.39, 0.29) is 18.1 Å². The van der Waals surface area contributed by atoms with Crippen LogP contribution < -0.4 is 9.47 Å². The summed E-state index contributed by atoms with van der Waals surface area (Å²) >= 11 is 0. The molecule has 1 fully saturated rings. The molecule has 0 bridgehead atoms. The molecule has 0 saturated carbocycles. The molecule has 9 nitrogen and oxygen atoms in total. The molecule has 2 aromatic carbocycles. The van der Waals surface area contributed by atoms with Gasteiger partial charge in [-0.2, -0.15) is 5.26 Å². The topological polar surface area (TPSA) is 102 Å². The van der Waals surface area contributed by atoms with Gasteiger partial charge < -0.3 is 18.8 Å². The molecule has 2 aromatic heterocycles. The average molecular weight is 586 g/mol. The molecular formula is C33H36FN5O4. The van der Waals surface area contributed by atoms with Crippen molar-refractivity contribution in [2.45, 2.75) is 58.3 Å². The molecule has 0 N–H and O–H groups in total. The van der Waals surface area contributed by atoms with Crippen LogP contribution >= 0.6 is 0 Å². The Hall–Kier alpha value is -4.49. The van der Waals surface area contributed by atoms with Gasteiger partial charge in [0, 0.05) is 30.3 Å². The maximum Gasteiger partial charge on any atom is 0.338 e. The fourth-order valence-electron chi connectivity index (χ4n) is 5.30. The molecule has 5 rings (SSSR count). The SMILES string of the molecule is COC(=O)c1cc(OC(C)(C)C)c2nc(CN3CCC(c4cccc(OCc5ccc(C#N)cc5F)n4)CC3)n(C)c2c1. The number of benzene rings is 2. The minimum Gasteiger partial charge on any atom is -0.486 e. The van der Waals surface area contributed by atoms with Crippen molar-refractivity contribution in [2.24, 2.45) is 7.05 Å². The van der Waals surface area contributed by atoms with Crippen molar-refractivity contribution in [3.8, 4) is 17.7 Å². The molecule has 0 aliphatic carbocycles. The molecule has 0 atom stereocenters. The predicted octanol–water partition coefficient (Wildman–Crippen LogP) is 5.90. The normalized spacial score (nSPS) is 14.4. The Morgan fingerprint density at radius 1 is 1.12 bits per heavy atom. The first-order valence-electron chi connectivity index (χ1n) is 14.3. The second kappa shape index (κ2) is 12.4. The number of aromatic nitrogens is 3. The van der Waals surface area contributed by atoms with Crippen molar-refractivity contribution in [3.63, 3.8) is 0 Å². The number of fused-ring (bicyclic) bond motifs is 1. The van der Waals surface area contributed by atoms with Gasteiger partial charge in [-0.1, -0.05) is 12.1 Å². The van der Waals surface area contributed by atoms with E-state index in [0.717, 1.165) is 48.5 Å². The first-order chi connectivity index (χ1) is 20.5. The molecule has 0 radical (unpaired) electrons. The van der Waals surface area contributed by atoms with Crippen molar-refractivity contribution < 1.29 is 23.4 Å². The molecule has 10 heteroatoms. The van der Waals surface area contributed by atoms with E-state index < -0.39 is 17.4 Å². The number of halogens is 1. The summed E-state index contributed by atoms with van der Waals surface area (Å²) in [4.78, 5) is 24.4. The number of methoxy groups -OCH3 is 1. The third-order valence-corrected chi connectivity index (χ3v) is 7.56. The van der Waals surface area contributed by atoms with Crippen molar-refractivity contribution in [1.82, 2.24) is 19.4 Å². The highest BCUT2D eigenvalue weighted by Crippen LogP contribution is 2.33. The minimum atomic E-state index is -0.468. The number of rotatable bonds is 8. The standard InChI is InChI=1S/C33H36FN5O4/c1-33(2,3)43-28-17-24(32(40)41-5)16-27-31(28)37-29(38(27)4)19-39-13-11-22(12-14-39)26-7-6-8-30(36-26)42-20-23-10-9-21(18-35)15-25(23)34/h6-10,15-17,22H,11-14,19-20H2,1-5H3. The lowest BCUT2D eigenvalue weighted by Crippen LogP contribution is -2.33. The van der Waals surface area contributed by atoms with Crippen LogP contribution in [0, 0.1) is 17.1 Å². The number of carbonyl (C=O) groups excluding carboxylic acids is 1. The van der Waals surface area contributed by atoms with E-state index >= 15 is 0 Å². The molecule has 1 aliphatic heterocycles. The van der Waals surface area contributed by atoms with Gasteiger partial charge in [-0.25, -0.2) is 19.2 Å². The van der Waals surface area contributed by atoms with Crippen LogP contribution in [0.1, 0.15) is 72.5 Å². The van der Waals surface area contributed by atoms with E-state index in [0.29, 0.717) is 29.3 Å². The maximum absolute atomic E-state index is 14.3. The minimum absolute atomic E-state index is 0.0358. The van der Waals surface area contributed by atoms with Gasteiger partial charge in [0.1, 0.15) is 35.1 Å². The molecule has 1 aliphatic rings. The highest BCUT2D eigenvalue weighted by Gasteiger charge is 2.25. The smallest absolute Gasteiger partial charge is 0.338 e. The molecule has 0 amide bonds. The molecule has 0 unspecified atom stereocenters. The van der Waals surface area contributed by atoms with Crippen LogP contribution in [0.15, 0.2) is 48.5 Å². The van der Waals surface area contributed by atoms with Crippen LogP contribution in [0.25, 0.3) is 11.0 Å². The number of hydrogen-bond acceptors (Lipinski definition) is 8. The summed E-state index contributed by atoms with van der Waals surface area (Å²) in [5, 5.41) is 8.94. The van der Waals surface area contributed by atoms with Gasteiger partial charge in [-0.3, -0.25) is 4.90 Å². The number of nitriles is 1. The molecule has 0 spiro atoms. The molecule has 43 heavy (non-hydrogen) atoms. The number of likely N-dealkylation sites (tertiary alicyclic amines) is 1. The maximum atomic E-state index is 14.3. The Kier molecular flexibility index (Phi) is 8.64. The molecule has 3 heterocycles. The van der Waals surface area contributed by atoms with Crippen molar-refractivity contribution >= 4 is 17.0 Å². The second-order valence-electron chi connectivity index (χ2n) is 11.8. The largest absolute Gasteiger partial charge is 0.486 e. The van der Waals surface area contributed by atoms with Gasteiger partial charge in [0.15, 0.2) is 0 Å². The van der Waals surface area contributed by atoms with Crippen LogP contribution in [-0.4, -0.2) is 51.2 Å². The zero-order valence-electron chi connectivity index (χ0n) is 25.2. The highest BCUT2D eigenvalue weighted by molar-refractivity contribution is 5.96. The zero-order valence-corrected chi connectivity index (χ0v) is 25.2. The van der Waals surface area contributed by atoms with E-state index in [4.69, 9.17) is 29.4 Å². The van der Waals surface area contributed by atoms with Crippen molar-refractivity contribution in [3.05, 3.63) is 82.6 Å². The van der Waals surface area contributed by atoms with Gasteiger partial charge in [-0.15, -0.1) is 0 Å². The van der Waals surface area contributed by atoms with Crippen LogP contribution in [0.4, 0.5) is 4.39 Å². The van der Waals surface area contributed by atoms with Crippen LogP contribution in [0.3, 0.4) is 0 Å². The molecule has 224 valence electrons. The number of nitrogens with zero attached hydrogens (tertiary/aromatic N) is 5. The second-order valence-corrected chi connectivity index (χ2v) is 11.8. The molecule has 1 saturated heterocycles. The Morgan fingerprint density at radius 3 is 2.56 bits per heavy atom. The fraction of sp³-hybridized carbons (Fsp3) is 0.394. The lowest BCUT2D eigenvalue weighted by molar-refractivity contribution is 0.0599. The Balaban J connectivity index is 1.25. The monoisotopic (exact) mass is 585 g/mol. The quantitative estimate of drug-likeness (QED) is 0.236. The molecular weight excluding hydrogens is 549 g/mol. The van der Waals surface area contributed by atoms with Gasteiger partial charge in [0.25, 0.3) is 0 Å². The number of pyridine rings is 1. The number of hydrogen-bond donors (Lipinski definition) is 0. The van der Waals surface area contributed by atoms with Crippen molar-refractivity contribution in [2.75, 3.05) is 20.2 Å². The summed E-state index contributed by atoms with van der Waals surface area (Å²) in [5.74, 6) is 1.28. The van der Waals surface area contributed by atoms with Gasteiger partial charge in [-0.05, 0) is 77.0 Å². The van der Waals surface area contributed by atoms with Gasteiger partial charge in [0.05, 0.1) is 36.4 Å². The van der Waals surface area contributed by atoms with Gasteiger partial charge in [0.2, 0.25) is 5.88 Å².